The van der Waals surface area contributed by atoms with Crippen molar-refractivity contribution in [1.29, 1.82) is 0 Å². The minimum absolute atomic E-state index is 0.267. The molecule has 3 rings (SSSR count). The molecule has 0 aliphatic rings. The fraction of sp³-hybridized carbons (Fsp3) is 0.0500. The lowest BCUT2D eigenvalue weighted by molar-refractivity contribution is -0.138. The number of rotatable bonds is 4. The molecule has 0 aliphatic carbocycles. The fourth-order valence-electron chi connectivity index (χ4n) is 2.39. The zero-order valence-electron chi connectivity index (χ0n) is 12.4. The maximum Gasteiger partial charge on any atom is 0.331 e. The van der Waals surface area contributed by atoms with E-state index in [4.69, 9.17) is 4.74 Å². The maximum absolute atomic E-state index is 11.9. The first-order valence-electron chi connectivity index (χ1n) is 7.29. The van der Waals surface area contributed by atoms with Crippen LogP contribution in [0.15, 0.2) is 77.3 Å². The van der Waals surface area contributed by atoms with E-state index in [1.54, 1.807) is 6.08 Å². The third-order valence-corrected chi connectivity index (χ3v) is 4.00. The number of fused-ring (bicyclic) bond motifs is 1. The van der Waals surface area contributed by atoms with Gasteiger partial charge in [0, 0.05) is 10.5 Å². The zero-order valence-corrected chi connectivity index (χ0v) is 14.0. The molecule has 3 aromatic carbocycles. The number of halogens is 1. The molecule has 0 bridgehead atoms. The molecule has 0 heterocycles. The van der Waals surface area contributed by atoms with E-state index in [-0.39, 0.29) is 12.6 Å². The van der Waals surface area contributed by atoms with Crippen LogP contribution in [0, 0.1) is 0 Å². The van der Waals surface area contributed by atoms with Gasteiger partial charge < -0.3 is 4.74 Å². The maximum atomic E-state index is 11.9. The van der Waals surface area contributed by atoms with Gasteiger partial charge in [0.05, 0.1) is 0 Å². The minimum atomic E-state index is -0.349. The van der Waals surface area contributed by atoms with Gasteiger partial charge in [-0.1, -0.05) is 70.5 Å². The Morgan fingerprint density at radius 2 is 1.78 bits per heavy atom. The molecule has 0 unspecified atom stereocenters. The lowest BCUT2D eigenvalue weighted by atomic mass is 10.1. The minimum Gasteiger partial charge on any atom is -0.458 e. The Balaban J connectivity index is 1.67. The molecule has 0 saturated heterocycles. The predicted molar refractivity (Wildman–Crippen MR) is 96.9 cm³/mol. The molecule has 0 saturated carbocycles. The Labute approximate surface area is 143 Å². The van der Waals surface area contributed by atoms with Crippen LogP contribution in [-0.4, -0.2) is 5.97 Å². The fourth-order valence-corrected chi connectivity index (χ4v) is 2.81. The largest absolute Gasteiger partial charge is 0.458 e. The van der Waals surface area contributed by atoms with Gasteiger partial charge in [-0.05, 0) is 40.1 Å². The average Bonchev–Trinajstić information content (AvgIpc) is 2.58. The number of carbonyl (C=O) groups excluding carboxylic acids is 1. The Morgan fingerprint density at radius 3 is 2.65 bits per heavy atom. The quantitative estimate of drug-likeness (QED) is 0.458. The molecule has 0 aromatic heterocycles. The molecule has 3 heteroatoms. The van der Waals surface area contributed by atoms with E-state index in [0.29, 0.717) is 0 Å². The van der Waals surface area contributed by atoms with Crippen LogP contribution in [0.4, 0.5) is 0 Å². The summed E-state index contributed by atoms with van der Waals surface area (Å²) >= 11 is 3.40. The monoisotopic (exact) mass is 366 g/mol. The standard InChI is InChI=1S/C20H15BrO2/c21-18-9-3-5-15(13-18)11-12-20(22)23-14-17-8-4-7-16-6-1-2-10-19(16)17/h1-13H,14H2/b12-11+. The Hall–Kier alpha value is -2.39. The number of hydrogen-bond donors (Lipinski definition) is 0. The second kappa shape index (κ2) is 7.25. The Bertz CT molecular complexity index is 863. The first-order chi connectivity index (χ1) is 11.2. The molecule has 0 aliphatic heterocycles. The van der Waals surface area contributed by atoms with E-state index in [1.165, 1.54) is 6.08 Å². The summed E-state index contributed by atoms with van der Waals surface area (Å²) in [5.74, 6) is -0.349. The third-order valence-electron chi connectivity index (χ3n) is 3.51. The molecule has 0 spiro atoms. The smallest absolute Gasteiger partial charge is 0.331 e. The van der Waals surface area contributed by atoms with Gasteiger partial charge in [-0.2, -0.15) is 0 Å². The van der Waals surface area contributed by atoms with Gasteiger partial charge in [0.15, 0.2) is 0 Å². The van der Waals surface area contributed by atoms with Gasteiger partial charge >= 0.3 is 5.97 Å². The van der Waals surface area contributed by atoms with Crippen molar-refractivity contribution in [3.63, 3.8) is 0 Å². The lowest BCUT2D eigenvalue weighted by Crippen LogP contribution is -2.01. The third kappa shape index (κ3) is 4.08. The summed E-state index contributed by atoms with van der Waals surface area (Å²) in [5, 5.41) is 2.25. The first kappa shape index (κ1) is 15.5. The van der Waals surface area contributed by atoms with Crippen LogP contribution >= 0.6 is 15.9 Å². The summed E-state index contributed by atoms with van der Waals surface area (Å²) in [4.78, 5) is 11.9. The zero-order chi connectivity index (χ0) is 16.1. The van der Waals surface area contributed by atoms with Crippen LogP contribution in [0.1, 0.15) is 11.1 Å². The number of benzene rings is 3. The van der Waals surface area contributed by atoms with Crippen molar-refractivity contribution >= 4 is 38.7 Å². The summed E-state index contributed by atoms with van der Waals surface area (Å²) in [6.07, 6.45) is 3.20. The molecule has 0 N–H and O–H groups in total. The Kier molecular flexibility index (Phi) is 4.89. The highest BCUT2D eigenvalue weighted by Crippen LogP contribution is 2.19. The van der Waals surface area contributed by atoms with Crippen LogP contribution in [0.25, 0.3) is 16.8 Å². The summed E-state index contributed by atoms with van der Waals surface area (Å²) < 4.78 is 6.33. The van der Waals surface area contributed by atoms with Crippen LogP contribution < -0.4 is 0 Å². The highest BCUT2D eigenvalue weighted by atomic mass is 79.9. The average molecular weight is 367 g/mol. The van der Waals surface area contributed by atoms with Gasteiger partial charge in [0.2, 0.25) is 0 Å². The van der Waals surface area contributed by atoms with Crippen LogP contribution in [-0.2, 0) is 16.1 Å². The van der Waals surface area contributed by atoms with Crippen molar-refractivity contribution in [2.24, 2.45) is 0 Å². The molecule has 114 valence electrons. The van der Waals surface area contributed by atoms with Gasteiger partial charge in [0.1, 0.15) is 6.61 Å². The molecular weight excluding hydrogens is 352 g/mol. The van der Waals surface area contributed by atoms with E-state index in [0.717, 1.165) is 26.4 Å². The molecule has 0 atom stereocenters. The lowest BCUT2D eigenvalue weighted by Gasteiger charge is -2.06. The number of carbonyl (C=O) groups is 1. The highest BCUT2D eigenvalue weighted by molar-refractivity contribution is 9.10. The van der Waals surface area contributed by atoms with Crippen molar-refractivity contribution in [2.45, 2.75) is 6.61 Å². The summed E-state index contributed by atoms with van der Waals surface area (Å²) in [6, 6.07) is 21.8. The van der Waals surface area contributed by atoms with E-state index in [2.05, 4.69) is 15.9 Å². The van der Waals surface area contributed by atoms with E-state index in [9.17, 15) is 4.79 Å². The summed E-state index contributed by atoms with van der Waals surface area (Å²) in [5.41, 5.74) is 1.95. The second-order valence-corrected chi connectivity index (χ2v) is 6.05. The summed E-state index contributed by atoms with van der Waals surface area (Å²) in [6.45, 7) is 0.267. The summed E-state index contributed by atoms with van der Waals surface area (Å²) in [7, 11) is 0. The van der Waals surface area contributed by atoms with Crippen molar-refractivity contribution in [3.05, 3.63) is 88.4 Å². The van der Waals surface area contributed by atoms with E-state index in [1.807, 2.05) is 66.7 Å². The molecule has 23 heavy (non-hydrogen) atoms. The normalized spacial score (nSPS) is 11.0. The SMILES string of the molecule is O=C(/C=C/c1cccc(Br)c1)OCc1cccc2ccccc12. The van der Waals surface area contributed by atoms with Gasteiger partial charge in [-0.15, -0.1) is 0 Å². The van der Waals surface area contributed by atoms with Crippen molar-refractivity contribution in [2.75, 3.05) is 0 Å². The van der Waals surface area contributed by atoms with E-state index < -0.39 is 0 Å². The Morgan fingerprint density at radius 1 is 1.00 bits per heavy atom. The van der Waals surface area contributed by atoms with Crippen LogP contribution in [0.2, 0.25) is 0 Å². The van der Waals surface area contributed by atoms with Gasteiger partial charge in [-0.25, -0.2) is 4.79 Å². The van der Waals surface area contributed by atoms with Crippen molar-refractivity contribution in [1.82, 2.24) is 0 Å². The molecule has 3 aromatic rings. The molecule has 2 nitrogen and oxygen atoms in total. The van der Waals surface area contributed by atoms with E-state index >= 15 is 0 Å². The topological polar surface area (TPSA) is 26.3 Å². The van der Waals surface area contributed by atoms with Crippen molar-refractivity contribution < 1.29 is 9.53 Å². The second-order valence-electron chi connectivity index (χ2n) is 5.13. The molecule has 0 amide bonds. The number of esters is 1. The molecular formula is C20H15BrO2. The van der Waals surface area contributed by atoms with Crippen molar-refractivity contribution in [3.8, 4) is 0 Å². The van der Waals surface area contributed by atoms with Crippen LogP contribution in [0.3, 0.4) is 0 Å². The van der Waals surface area contributed by atoms with Gasteiger partial charge in [-0.3, -0.25) is 0 Å². The number of hydrogen-bond acceptors (Lipinski definition) is 2. The van der Waals surface area contributed by atoms with Crippen LogP contribution in [0.5, 0.6) is 0 Å². The first-order valence-corrected chi connectivity index (χ1v) is 8.09. The molecule has 0 radical (unpaired) electrons. The number of ether oxygens (including phenoxy) is 1. The van der Waals surface area contributed by atoms with Gasteiger partial charge in [0.25, 0.3) is 0 Å². The predicted octanol–water partition coefficient (Wildman–Crippen LogP) is 5.36. The highest BCUT2D eigenvalue weighted by Gasteiger charge is 2.03. The molecule has 0 fully saturated rings.